The molecule has 2 nitrogen and oxygen atoms in total. The zero-order valence-corrected chi connectivity index (χ0v) is 55.3. The third kappa shape index (κ3) is 17.3. The topological polar surface area (TPSA) is 9.86 Å². The van der Waals surface area contributed by atoms with Crippen LogP contribution in [0.25, 0.3) is 77.2 Å². The Hall–Kier alpha value is -7.42. The van der Waals surface area contributed by atoms with Gasteiger partial charge in [-0.3, -0.25) is 0 Å². The molecule has 0 aliphatic carbocycles. The number of benzene rings is 9. The maximum atomic E-state index is 2.47. The molecule has 0 saturated heterocycles. The third-order valence-corrected chi connectivity index (χ3v) is 13.1. The Morgan fingerprint density at radius 2 is 0.549 bits per heavy atom. The molecule has 0 aliphatic heterocycles. The summed E-state index contributed by atoms with van der Waals surface area (Å²) in [6.45, 7) is 48.5. The predicted octanol–water partition coefficient (Wildman–Crippen LogP) is 25.7. The first-order valence-electron chi connectivity index (χ1n) is 31.1. The van der Waals surface area contributed by atoms with E-state index in [0.717, 1.165) is 0 Å². The first kappa shape index (κ1) is 70.7. The summed E-state index contributed by atoms with van der Waals surface area (Å²) < 4.78 is 4.91. The monoisotopic (exact) mass is 1090 g/mol. The van der Waals surface area contributed by atoms with E-state index in [2.05, 4.69) is 296 Å². The van der Waals surface area contributed by atoms with Gasteiger partial charge in [0.05, 0.1) is 33.4 Å². The summed E-state index contributed by atoms with van der Waals surface area (Å²) in [6.07, 6.45) is 0. The van der Waals surface area contributed by atoms with Gasteiger partial charge in [-0.05, 0) is 80.0 Å². The minimum atomic E-state index is -0.00571. The van der Waals surface area contributed by atoms with Crippen LogP contribution in [0.3, 0.4) is 0 Å². The van der Waals surface area contributed by atoms with Crippen molar-refractivity contribution in [3.63, 3.8) is 0 Å². The molecule has 0 saturated carbocycles. The number of fused-ring (bicyclic) bond motifs is 6. The Kier molecular flexibility index (Phi) is 30.5. The van der Waals surface area contributed by atoms with E-state index in [-0.39, 0.29) is 10.8 Å². The highest BCUT2D eigenvalue weighted by Crippen LogP contribution is 2.43. The number of para-hydroxylation sites is 5. The second-order valence-electron chi connectivity index (χ2n) is 21.0. The fraction of sp³-hybridized carbons (Fsp3) is 0.325. The van der Waals surface area contributed by atoms with Crippen LogP contribution in [-0.4, -0.2) is 9.13 Å². The molecule has 436 valence electrons. The lowest BCUT2D eigenvalue weighted by atomic mass is 9.80. The molecule has 0 atom stereocenters. The molecule has 82 heavy (non-hydrogen) atoms. The second kappa shape index (κ2) is 35.4. The molecule has 2 heteroatoms. The summed E-state index contributed by atoms with van der Waals surface area (Å²) in [5.74, 6) is 0. The Labute approximate surface area is 500 Å². The lowest BCUT2D eigenvalue weighted by molar-refractivity contribution is 0.587. The molecule has 0 fully saturated rings. The average Bonchev–Trinajstić information content (AvgIpc) is 4.22. The lowest BCUT2D eigenvalue weighted by Crippen LogP contribution is -2.17. The quantitative estimate of drug-likeness (QED) is 0.166. The van der Waals surface area contributed by atoms with Crippen molar-refractivity contribution in [1.29, 1.82) is 0 Å². The van der Waals surface area contributed by atoms with Crippen molar-refractivity contribution in [2.45, 2.75) is 175 Å². The molecule has 0 N–H and O–H groups in total. The highest BCUT2D eigenvalue weighted by Gasteiger charge is 2.27. The Bertz CT molecular complexity index is 3370. The molecule has 0 unspecified atom stereocenters. The van der Waals surface area contributed by atoms with Crippen molar-refractivity contribution in [2.24, 2.45) is 0 Å². The molecule has 0 spiro atoms. The van der Waals surface area contributed by atoms with Crippen LogP contribution >= 0.6 is 0 Å². The van der Waals surface area contributed by atoms with Gasteiger partial charge in [-0.25, -0.2) is 0 Å². The minimum Gasteiger partial charge on any atom is -0.309 e. The van der Waals surface area contributed by atoms with Gasteiger partial charge in [0.2, 0.25) is 0 Å². The molecule has 9 aromatic carbocycles. The summed E-state index contributed by atoms with van der Waals surface area (Å²) >= 11 is 0. The van der Waals surface area contributed by atoms with E-state index in [4.69, 9.17) is 0 Å². The van der Waals surface area contributed by atoms with Crippen molar-refractivity contribution < 1.29 is 0 Å². The number of aromatic nitrogens is 2. The van der Waals surface area contributed by atoms with Crippen LogP contribution in [0.5, 0.6) is 0 Å². The van der Waals surface area contributed by atoms with E-state index in [9.17, 15) is 0 Å². The molecule has 0 aliphatic rings. The highest BCUT2D eigenvalue weighted by molar-refractivity contribution is 6.11. The van der Waals surface area contributed by atoms with Crippen LogP contribution < -0.4 is 0 Å². The molecular formula is C80H106N2. The van der Waals surface area contributed by atoms with Crippen LogP contribution in [0.1, 0.15) is 176 Å². The average molecular weight is 1100 g/mol. The van der Waals surface area contributed by atoms with Crippen molar-refractivity contribution in [3.8, 4) is 33.6 Å². The van der Waals surface area contributed by atoms with Crippen molar-refractivity contribution in [2.75, 3.05) is 0 Å². The van der Waals surface area contributed by atoms with Gasteiger partial charge < -0.3 is 9.13 Å². The van der Waals surface area contributed by atoms with Gasteiger partial charge in [0, 0.05) is 27.1 Å². The van der Waals surface area contributed by atoms with Crippen LogP contribution in [0.4, 0.5) is 0 Å². The fourth-order valence-electron chi connectivity index (χ4n) is 9.90. The minimum absolute atomic E-state index is 0.00571. The van der Waals surface area contributed by atoms with Gasteiger partial charge in [-0.1, -0.05) is 353 Å². The van der Waals surface area contributed by atoms with Gasteiger partial charge in [0.15, 0.2) is 0 Å². The molecular weight excluding hydrogens is 989 g/mol. The van der Waals surface area contributed by atoms with Gasteiger partial charge in [0.25, 0.3) is 0 Å². The van der Waals surface area contributed by atoms with E-state index in [1.807, 2.05) is 96.9 Å². The molecule has 11 rings (SSSR count). The van der Waals surface area contributed by atoms with Gasteiger partial charge in [-0.15, -0.1) is 0 Å². The summed E-state index contributed by atoms with van der Waals surface area (Å²) in [4.78, 5) is 0. The summed E-state index contributed by atoms with van der Waals surface area (Å²) in [5.41, 5.74) is 17.1. The summed E-state index contributed by atoms with van der Waals surface area (Å²) in [6, 6.07) is 80.4. The molecule has 0 bridgehead atoms. The number of hydrogen-bond acceptors (Lipinski definition) is 0. The molecule has 2 aromatic heterocycles. The van der Waals surface area contributed by atoms with Crippen LogP contribution in [-0.2, 0) is 16.2 Å². The zero-order valence-electron chi connectivity index (χ0n) is 55.3. The first-order valence-corrected chi connectivity index (χ1v) is 31.1. The summed E-state index contributed by atoms with van der Waals surface area (Å²) in [5, 5.41) is 5.19. The van der Waals surface area contributed by atoms with Gasteiger partial charge in [0.1, 0.15) is 0 Å². The van der Waals surface area contributed by atoms with E-state index >= 15 is 0 Å². The Morgan fingerprint density at radius 1 is 0.244 bits per heavy atom. The standard InChI is InChI=1S/2C28H25N.C10H14.7C2H6/c1-28(2,3)24-17-11-16-21(20-12-5-4-6-13-20)27(24)29-25-18-9-7-14-22(25)23-15-8-10-19-26(23)29;1-28(2,3)27-21(20-12-5-4-6-13-20)16-11-19-26(27)29-24-17-9-7-14-22(24)23-15-8-10-18-25(23)29;1-10(2,3)9-7-5-4-6-8-9;7*1-2/h2*4-19H,1-3H3;4-8H,1-3H3;7*1-2H3. The van der Waals surface area contributed by atoms with Gasteiger partial charge in [-0.2, -0.15) is 0 Å². The van der Waals surface area contributed by atoms with E-state index in [1.165, 1.54) is 93.9 Å². The van der Waals surface area contributed by atoms with Crippen molar-refractivity contribution >= 4 is 43.6 Å². The third-order valence-electron chi connectivity index (χ3n) is 13.1. The van der Waals surface area contributed by atoms with Crippen LogP contribution in [0.2, 0.25) is 0 Å². The van der Waals surface area contributed by atoms with Gasteiger partial charge >= 0.3 is 0 Å². The van der Waals surface area contributed by atoms with E-state index in [0.29, 0.717) is 5.41 Å². The SMILES string of the molecule is CC.CC.CC.CC.CC.CC.CC.CC(C)(C)c1c(-c2ccccc2)cccc1-n1c2ccccc2c2ccccc21.CC(C)(C)c1cccc(-c2ccccc2)c1-n1c2ccccc2c2ccccc21.CC(C)(C)c1ccccc1. The first-order chi connectivity index (χ1) is 39.7. The predicted molar refractivity (Wildman–Crippen MR) is 374 cm³/mol. The lowest BCUT2D eigenvalue weighted by Gasteiger charge is -2.28. The van der Waals surface area contributed by atoms with E-state index in [1.54, 1.807) is 0 Å². The second-order valence-corrected chi connectivity index (χ2v) is 21.0. The van der Waals surface area contributed by atoms with Crippen LogP contribution in [0.15, 0.2) is 224 Å². The zero-order chi connectivity index (χ0) is 61.6. The smallest absolute Gasteiger partial charge is 0.0577 e. The number of rotatable bonds is 4. The fourth-order valence-corrected chi connectivity index (χ4v) is 9.90. The number of nitrogens with zero attached hydrogens (tertiary/aromatic N) is 2. The summed E-state index contributed by atoms with van der Waals surface area (Å²) in [7, 11) is 0. The van der Waals surface area contributed by atoms with Crippen LogP contribution in [0, 0.1) is 0 Å². The maximum absolute atomic E-state index is 2.47. The Balaban J connectivity index is 0.000000407. The molecule has 0 radical (unpaired) electrons. The molecule has 0 amide bonds. The molecule has 11 aromatic rings. The Morgan fingerprint density at radius 3 is 0.890 bits per heavy atom. The molecule has 2 heterocycles. The maximum Gasteiger partial charge on any atom is 0.0577 e. The normalized spacial score (nSPS) is 10.4. The highest BCUT2D eigenvalue weighted by atomic mass is 15.0. The van der Waals surface area contributed by atoms with Crippen molar-refractivity contribution in [3.05, 3.63) is 241 Å². The van der Waals surface area contributed by atoms with Crippen molar-refractivity contribution in [1.82, 2.24) is 9.13 Å². The number of hydrogen-bond donors (Lipinski definition) is 0. The largest absolute Gasteiger partial charge is 0.309 e. The van der Waals surface area contributed by atoms with E-state index < -0.39 is 0 Å².